The summed E-state index contributed by atoms with van der Waals surface area (Å²) in [5.41, 5.74) is 0.810. The van der Waals surface area contributed by atoms with Crippen LogP contribution in [0.5, 0.6) is 0 Å². The highest BCUT2D eigenvalue weighted by atomic mass is 32.1. The van der Waals surface area contributed by atoms with Crippen LogP contribution in [-0.2, 0) is 16.0 Å². The summed E-state index contributed by atoms with van der Waals surface area (Å²) < 4.78 is 0. The van der Waals surface area contributed by atoms with E-state index in [0.717, 1.165) is 29.7 Å². The molecule has 25 heavy (non-hydrogen) atoms. The molecule has 4 rings (SSSR count). The van der Waals surface area contributed by atoms with Crippen molar-refractivity contribution in [2.24, 2.45) is 0 Å². The Morgan fingerprint density at radius 1 is 1.32 bits per heavy atom. The van der Waals surface area contributed by atoms with Crippen molar-refractivity contribution in [3.63, 3.8) is 0 Å². The Morgan fingerprint density at radius 2 is 2.16 bits per heavy atom. The summed E-state index contributed by atoms with van der Waals surface area (Å²) in [6.07, 6.45) is 6.43. The topological polar surface area (TPSA) is 62.3 Å². The molecule has 2 saturated heterocycles. The van der Waals surface area contributed by atoms with E-state index in [1.54, 1.807) is 23.7 Å². The standard InChI is InChI=1S/C19H21N3O2S/c23-17(11-15-4-2-10-25-15)22-8-5-19(6-9-22)12-16(18(24)21-19)14-3-1-7-20-13-14/h1-4,7,10,13,16H,5-6,8-9,11-12H2,(H,21,24). The first kappa shape index (κ1) is 16.3. The third-order valence-corrected chi connectivity index (χ3v) is 6.24. The Hall–Kier alpha value is -2.21. The number of nitrogens with one attached hydrogen (secondary N) is 1. The molecule has 2 aromatic rings. The summed E-state index contributed by atoms with van der Waals surface area (Å²) in [5.74, 6) is 0.152. The molecular weight excluding hydrogens is 334 g/mol. The van der Waals surface area contributed by atoms with E-state index in [1.165, 1.54) is 0 Å². The molecule has 6 heteroatoms. The molecule has 1 spiro atoms. The first-order valence-electron chi connectivity index (χ1n) is 8.67. The molecular formula is C19H21N3O2S. The first-order chi connectivity index (χ1) is 12.2. The fraction of sp³-hybridized carbons (Fsp3) is 0.421. The normalized spacial score (nSPS) is 22.2. The third kappa shape index (κ3) is 3.31. The lowest BCUT2D eigenvalue weighted by Crippen LogP contribution is -2.52. The predicted molar refractivity (Wildman–Crippen MR) is 96.3 cm³/mol. The maximum atomic E-state index is 12.5. The van der Waals surface area contributed by atoms with Crippen LogP contribution in [0, 0.1) is 0 Å². The predicted octanol–water partition coefficient (Wildman–Crippen LogP) is 2.35. The van der Waals surface area contributed by atoms with E-state index in [2.05, 4.69) is 10.3 Å². The number of hydrogen-bond donors (Lipinski definition) is 1. The highest BCUT2D eigenvalue weighted by molar-refractivity contribution is 7.10. The third-order valence-electron chi connectivity index (χ3n) is 5.37. The Kier molecular flexibility index (Phi) is 4.29. The lowest BCUT2D eigenvalue weighted by Gasteiger charge is -2.39. The van der Waals surface area contributed by atoms with Crippen LogP contribution in [0.1, 0.15) is 35.6 Å². The van der Waals surface area contributed by atoms with Crippen LogP contribution < -0.4 is 5.32 Å². The zero-order valence-electron chi connectivity index (χ0n) is 14.0. The van der Waals surface area contributed by atoms with E-state index in [1.807, 2.05) is 34.5 Å². The smallest absolute Gasteiger partial charge is 0.228 e. The van der Waals surface area contributed by atoms with E-state index in [-0.39, 0.29) is 23.3 Å². The van der Waals surface area contributed by atoms with Crippen LogP contribution >= 0.6 is 11.3 Å². The molecule has 0 bridgehead atoms. The van der Waals surface area contributed by atoms with Crippen molar-refractivity contribution in [1.29, 1.82) is 0 Å². The minimum absolute atomic E-state index is 0.0892. The van der Waals surface area contributed by atoms with Gasteiger partial charge in [-0.3, -0.25) is 14.6 Å². The van der Waals surface area contributed by atoms with Gasteiger partial charge in [0.2, 0.25) is 11.8 Å². The molecule has 4 heterocycles. The zero-order valence-corrected chi connectivity index (χ0v) is 14.8. The second-order valence-electron chi connectivity index (χ2n) is 6.95. The number of likely N-dealkylation sites (tertiary alicyclic amines) is 1. The van der Waals surface area contributed by atoms with Gasteiger partial charge in [0.15, 0.2) is 0 Å². The van der Waals surface area contributed by atoms with Crippen LogP contribution in [0.3, 0.4) is 0 Å². The number of piperidine rings is 1. The van der Waals surface area contributed by atoms with E-state index in [0.29, 0.717) is 19.5 Å². The average molecular weight is 355 g/mol. The number of thiophene rings is 1. The van der Waals surface area contributed by atoms with Gasteiger partial charge in [0.05, 0.1) is 12.3 Å². The molecule has 2 aliphatic heterocycles. The van der Waals surface area contributed by atoms with Crippen LogP contribution in [0.4, 0.5) is 0 Å². The van der Waals surface area contributed by atoms with Gasteiger partial charge >= 0.3 is 0 Å². The van der Waals surface area contributed by atoms with Crippen molar-refractivity contribution < 1.29 is 9.59 Å². The number of aromatic nitrogens is 1. The number of carbonyl (C=O) groups excluding carboxylic acids is 2. The van der Waals surface area contributed by atoms with E-state index >= 15 is 0 Å². The molecule has 2 aliphatic rings. The van der Waals surface area contributed by atoms with Gasteiger partial charge in [-0.25, -0.2) is 0 Å². The zero-order chi connectivity index (χ0) is 17.3. The lowest BCUT2D eigenvalue weighted by molar-refractivity contribution is -0.132. The monoisotopic (exact) mass is 355 g/mol. The maximum Gasteiger partial charge on any atom is 0.228 e. The Labute approximate surface area is 151 Å². The minimum atomic E-state index is -0.169. The molecule has 0 saturated carbocycles. The Morgan fingerprint density at radius 3 is 2.84 bits per heavy atom. The quantitative estimate of drug-likeness (QED) is 0.919. The highest BCUT2D eigenvalue weighted by Crippen LogP contribution is 2.39. The molecule has 0 radical (unpaired) electrons. The summed E-state index contributed by atoms with van der Waals surface area (Å²) in [6, 6.07) is 7.82. The molecule has 130 valence electrons. The molecule has 2 amide bonds. The molecule has 5 nitrogen and oxygen atoms in total. The van der Waals surface area contributed by atoms with Crippen molar-refractivity contribution >= 4 is 23.2 Å². The first-order valence-corrected chi connectivity index (χ1v) is 9.55. The van der Waals surface area contributed by atoms with Gasteiger partial charge in [-0.15, -0.1) is 11.3 Å². The van der Waals surface area contributed by atoms with Gasteiger partial charge in [-0.1, -0.05) is 12.1 Å². The van der Waals surface area contributed by atoms with E-state index in [4.69, 9.17) is 0 Å². The van der Waals surface area contributed by atoms with Gasteiger partial charge in [0.25, 0.3) is 0 Å². The lowest BCUT2D eigenvalue weighted by atomic mass is 9.82. The largest absolute Gasteiger partial charge is 0.350 e. The second-order valence-corrected chi connectivity index (χ2v) is 7.98. The number of amides is 2. The maximum absolute atomic E-state index is 12.5. The number of hydrogen-bond acceptors (Lipinski definition) is 4. The number of nitrogens with zero attached hydrogens (tertiary/aromatic N) is 2. The van der Waals surface area contributed by atoms with Crippen molar-refractivity contribution in [3.8, 4) is 0 Å². The van der Waals surface area contributed by atoms with Gasteiger partial charge in [0.1, 0.15) is 0 Å². The van der Waals surface area contributed by atoms with Crippen molar-refractivity contribution in [3.05, 3.63) is 52.5 Å². The molecule has 1 unspecified atom stereocenters. The van der Waals surface area contributed by atoms with Crippen LogP contribution in [0.25, 0.3) is 0 Å². The summed E-state index contributed by atoms with van der Waals surface area (Å²) in [5, 5.41) is 5.22. The fourth-order valence-corrected chi connectivity index (χ4v) is 4.62. The minimum Gasteiger partial charge on any atom is -0.350 e. The van der Waals surface area contributed by atoms with Crippen LogP contribution in [0.2, 0.25) is 0 Å². The Bertz CT molecular complexity index is 752. The van der Waals surface area contributed by atoms with Crippen molar-refractivity contribution in [1.82, 2.24) is 15.2 Å². The Balaban J connectivity index is 1.38. The summed E-state index contributed by atoms with van der Waals surface area (Å²) >= 11 is 1.62. The highest BCUT2D eigenvalue weighted by Gasteiger charge is 2.46. The van der Waals surface area contributed by atoms with Gasteiger partial charge in [-0.05, 0) is 42.3 Å². The average Bonchev–Trinajstić information content (AvgIpc) is 3.24. The van der Waals surface area contributed by atoms with Gasteiger partial charge in [-0.2, -0.15) is 0 Å². The molecule has 1 atom stereocenters. The van der Waals surface area contributed by atoms with Gasteiger partial charge < -0.3 is 10.2 Å². The molecule has 2 aromatic heterocycles. The second kappa shape index (κ2) is 6.59. The van der Waals surface area contributed by atoms with Crippen molar-refractivity contribution in [2.45, 2.75) is 37.1 Å². The summed E-state index contributed by atoms with van der Waals surface area (Å²) in [4.78, 5) is 32.1. The molecule has 0 aromatic carbocycles. The molecule has 0 aliphatic carbocycles. The van der Waals surface area contributed by atoms with Crippen molar-refractivity contribution in [2.75, 3.05) is 13.1 Å². The number of carbonyl (C=O) groups is 2. The number of pyridine rings is 1. The molecule has 1 N–H and O–H groups in total. The summed E-state index contributed by atoms with van der Waals surface area (Å²) in [6.45, 7) is 1.43. The number of rotatable bonds is 3. The fourth-order valence-electron chi connectivity index (χ4n) is 3.92. The summed E-state index contributed by atoms with van der Waals surface area (Å²) in [7, 11) is 0. The SMILES string of the molecule is O=C1NC2(CCN(C(=O)Cc3cccs3)CC2)CC1c1cccnc1. The van der Waals surface area contributed by atoms with E-state index in [9.17, 15) is 9.59 Å². The van der Waals surface area contributed by atoms with E-state index < -0.39 is 0 Å². The van der Waals surface area contributed by atoms with Gasteiger partial charge in [0, 0.05) is 35.9 Å². The molecule has 2 fully saturated rings. The van der Waals surface area contributed by atoms with Crippen LogP contribution in [0.15, 0.2) is 42.0 Å². The van der Waals surface area contributed by atoms with Crippen LogP contribution in [-0.4, -0.2) is 40.3 Å².